The molecular formula is C33H46BNO5. The molecule has 3 rings (SSSR count). The van der Waals surface area contributed by atoms with E-state index in [9.17, 15) is 9.59 Å². The van der Waals surface area contributed by atoms with Crippen LogP contribution in [0.1, 0.15) is 98.6 Å². The second kappa shape index (κ2) is 12.8. The summed E-state index contributed by atoms with van der Waals surface area (Å²) in [6.45, 7) is 15.5. The first kappa shape index (κ1) is 31.8. The summed E-state index contributed by atoms with van der Waals surface area (Å²) in [7, 11) is -0.314. The second-order valence-corrected chi connectivity index (χ2v) is 12.7. The number of aliphatic imine (C=N–C) groups is 1. The molecule has 1 saturated heterocycles. The van der Waals surface area contributed by atoms with Crippen LogP contribution in [0, 0.1) is 0 Å². The predicted molar refractivity (Wildman–Crippen MR) is 162 cm³/mol. The van der Waals surface area contributed by atoms with Crippen molar-refractivity contribution >= 4 is 24.6 Å². The van der Waals surface area contributed by atoms with Crippen LogP contribution in [0.25, 0.3) is 0 Å². The maximum atomic E-state index is 14.0. The number of nitrogens with zero attached hydrogens (tertiary/aromatic N) is 1. The van der Waals surface area contributed by atoms with Crippen molar-refractivity contribution in [3.8, 4) is 0 Å². The Hall–Kier alpha value is -2.77. The van der Waals surface area contributed by atoms with Crippen LogP contribution in [-0.2, 0) is 23.6 Å². The molecule has 0 aliphatic carbocycles. The van der Waals surface area contributed by atoms with Gasteiger partial charge in [0.15, 0.2) is 5.54 Å². The Morgan fingerprint density at radius 1 is 0.850 bits per heavy atom. The van der Waals surface area contributed by atoms with Crippen LogP contribution in [-0.4, -0.2) is 46.9 Å². The molecule has 2 aromatic rings. The maximum absolute atomic E-state index is 14.0. The lowest BCUT2D eigenvalue weighted by Crippen LogP contribution is -2.44. The standard InChI is InChI=1S/C33H46BNO5/c1-9-27(36)24-33(29(37)38-30(2,3)4,22-16-17-23-34-39-31(5,6)32(7,8)40-34)35-28(25-18-12-10-13-19-25)26-20-14-11-15-21-26/h10-15,18-21H,9,16-17,22-24H2,1-8H3. The molecule has 0 radical (unpaired) electrons. The molecule has 0 bridgehead atoms. The summed E-state index contributed by atoms with van der Waals surface area (Å²) in [5.74, 6) is -0.497. The lowest BCUT2D eigenvalue weighted by Gasteiger charge is -2.32. The van der Waals surface area contributed by atoms with Crippen molar-refractivity contribution in [2.45, 2.75) is 116 Å². The number of esters is 1. The van der Waals surface area contributed by atoms with Crippen molar-refractivity contribution < 1.29 is 23.6 Å². The van der Waals surface area contributed by atoms with Crippen LogP contribution in [0.15, 0.2) is 65.7 Å². The Kier molecular flexibility index (Phi) is 10.2. The summed E-state index contributed by atoms with van der Waals surface area (Å²) in [6.07, 6.45) is 2.77. The van der Waals surface area contributed by atoms with Crippen LogP contribution in [0.2, 0.25) is 6.32 Å². The van der Waals surface area contributed by atoms with Crippen molar-refractivity contribution in [1.29, 1.82) is 0 Å². The second-order valence-electron chi connectivity index (χ2n) is 12.7. The van der Waals surface area contributed by atoms with Gasteiger partial charge in [0.05, 0.1) is 16.9 Å². The Balaban J connectivity index is 2.00. The minimum absolute atomic E-state index is 0.0158. The maximum Gasteiger partial charge on any atom is 0.457 e. The topological polar surface area (TPSA) is 74.2 Å². The van der Waals surface area contributed by atoms with E-state index in [1.54, 1.807) is 0 Å². The lowest BCUT2D eigenvalue weighted by molar-refractivity contribution is -0.163. The number of benzene rings is 2. The molecule has 1 aliphatic heterocycles. The van der Waals surface area contributed by atoms with E-state index in [0.29, 0.717) is 31.3 Å². The Morgan fingerprint density at radius 3 is 1.80 bits per heavy atom. The number of ketones is 1. The molecule has 216 valence electrons. The molecule has 0 saturated carbocycles. The normalized spacial score (nSPS) is 17.6. The first-order chi connectivity index (χ1) is 18.7. The smallest absolute Gasteiger partial charge is 0.457 e. The third-order valence-corrected chi connectivity index (χ3v) is 7.67. The Morgan fingerprint density at radius 2 is 1.35 bits per heavy atom. The third-order valence-electron chi connectivity index (χ3n) is 7.67. The van der Waals surface area contributed by atoms with Crippen molar-refractivity contribution in [1.82, 2.24) is 0 Å². The quantitative estimate of drug-likeness (QED) is 0.121. The van der Waals surface area contributed by atoms with Crippen molar-refractivity contribution in [3.05, 3.63) is 71.8 Å². The highest BCUT2D eigenvalue weighted by atomic mass is 16.7. The van der Waals surface area contributed by atoms with Gasteiger partial charge in [0.25, 0.3) is 0 Å². The van der Waals surface area contributed by atoms with E-state index in [1.807, 2.05) is 116 Å². The van der Waals surface area contributed by atoms with Crippen molar-refractivity contribution in [3.63, 3.8) is 0 Å². The summed E-state index contributed by atoms with van der Waals surface area (Å²) >= 11 is 0. The van der Waals surface area contributed by atoms with E-state index in [0.717, 1.165) is 17.5 Å². The van der Waals surface area contributed by atoms with E-state index in [1.165, 1.54) is 0 Å². The molecule has 1 unspecified atom stereocenters. The lowest BCUT2D eigenvalue weighted by atomic mass is 9.79. The fraction of sp³-hybridized carbons (Fsp3) is 0.545. The number of hydrogen-bond acceptors (Lipinski definition) is 6. The SMILES string of the molecule is CCC(=O)CC(CCCCB1OC(C)(C)C(C)(C)O1)(N=C(c1ccccc1)c1ccccc1)C(=O)OC(C)(C)C. The molecule has 7 heteroatoms. The number of unbranched alkanes of at least 4 members (excludes halogenated alkanes) is 1. The molecule has 1 aliphatic rings. The van der Waals surface area contributed by atoms with Gasteiger partial charge in [0.2, 0.25) is 0 Å². The van der Waals surface area contributed by atoms with Gasteiger partial charge in [-0.1, -0.05) is 80.4 Å². The van der Waals surface area contributed by atoms with E-state index in [4.69, 9.17) is 19.0 Å². The number of carbonyl (C=O) groups excluding carboxylic acids is 2. The van der Waals surface area contributed by atoms with Crippen LogP contribution in [0.4, 0.5) is 0 Å². The minimum atomic E-state index is -1.36. The highest BCUT2D eigenvalue weighted by molar-refractivity contribution is 6.45. The monoisotopic (exact) mass is 547 g/mol. The molecule has 0 spiro atoms. The van der Waals surface area contributed by atoms with E-state index in [2.05, 4.69) is 0 Å². The summed E-state index contributed by atoms with van der Waals surface area (Å²) < 4.78 is 18.3. The van der Waals surface area contributed by atoms with Crippen molar-refractivity contribution in [2.75, 3.05) is 0 Å². The third kappa shape index (κ3) is 8.14. The largest absolute Gasteiger partial charge is 0.458 e. The molecule has 1 atom stereocenters. The average Bonchev–Trinajstić information content (AvgIpc) is 3.10. The molecule has 2 aromatic carbocycles. The van der Waals surface area contributed by atoms with E-state index in [-0.39, 0.29) is 19.3 Å². The van der Waals surface area contributed by atoms with Crippen LogP contribution >= 0.6 is 0 Å². The van der Waals surface area contributed by atoms with Gasteiger partial charge in [-0.05, 0) is 61.2 Å². The zero-order chi connectivity index (χ0) is 29.6. The highest BCUT2D eigenvalue weighted by Crippen LogP contribution is 2.38. The zero-order valence-electron chi connectivity index (χ0n) is 25.6. The molecule has 1 heterocycles. The van der Waals surface area contributed by atoms with E-state index < -0.39 is 28.3 Å². The van der Waals surface area contributed by atoms with Gasteiger partial charge in [-0.15, -0.1) is 0 Å². The molecular weight excluding hydrogens is 501 g/mol. The van der Waals surface area contributed by atoms with Gasteiger partial charge in [-0.25, -0.2) is 4.79 Å². The first-order valence-corrected chi connectivity index (χ1v) is 14.5. The molecule has 0 amide bonds. The summed E-state index contributed by atoms with van der Waals surface area (Å²) in [6, 6.07) is 19.6. The van der Waals surface area contributed by atoms with Crippen molar-refractivity contribution in [2.24, 2.45) is 4.99 Å². The zero-order valence-corrected chi connectivity index (χ0v) is 25.6. The first-order valence-electron chi connectivity index (χ1n) is 14.5. The summed E-state index contributed by atoms with van der Waals surface area (Å²) in [5.41, 5.74) is -0.452. The van der Waals surface area contributed by atoms with Gasteiger partial charge < -0.3 is 14.0 Å². The highest BCUT2D eigenvalue weighted by Gasteiger charge is 2.50. The minimum Gasteiger partial charge on any atom is -0.458 e. The number of rotatable bonds is 12. The van der Waals surface area contributed by atoms with Gasteiger partial charge in [-0.3, -0.25) is 9.79 Å². The number of hydrogen-bond donors (Lipinski definition) is 0. The summed E-state index contributed by atoms with van der Waals surface area (Å²) in [4.78, 5) is 32.2. The fourth-order valence-corrected chi connectivity index (χ4v) is 4.74. The number of Topliss-reactive ketones (excluding diaryl/α,β-unsaturated/α-hetero) is 1. The van der Waals surface area contributed by atoms with Crippen LogP contribution < -0.4 is 0 Å². The fourth-order valence-electron chi connectivity index (χ4n) is 4.74. The van der Waals surface area contributed by atoms with Gasteiger partial charge >= 0.3 is 13.1 Å². The predicted octanol–water partition coefficient (Wildman–Crippen LogP) is 7.24. The van der Waals surface area contributed by atoms with Crippen LogP contribution in [0.3, 0.4) is 0 Å². The molecule has 0 aromatic heterocycles. The average molecular weight is 548 g/mol. The van der Waals surface area contributed by atoms with Crippen LogP contribution in [0.5, 0.6) is 0 Å². The Labute approximate surface area is 241 Å². The van der Waals surface area contributed by atoms with Gasteiger partial charge in [-0.2, -0.15) is 0 Å². The van der Waals surface area contributed by atoms with E-state index >= 15 is 0 Å². The number of ether oxygens (including phenoxy) is 1. The molecule has 0 N–H and O–H groups in total. The number of carbonyl (C=O) groups is 2. The molecule has 6 nitrogen and oxygen atoms in total. The molecule has 40 heavy (non-hydrogen) atoms. The summed E-state index contributed by atoms with van der Waals surface area (Å²) in [5, 5.41) is 0. The van der Waals surface area contributed by atoms with Gasteiger partial charge in [0, 0.05) is 24.0 Å². The molecule has 1 fully saturated rings. The van der Waals surface area contributed by atoms with Gasteiger partial charge in [0.1, 0.15) is 11.4 Å². The Bertz CT molecular complexity index is 1110.